The highest BCUT2D eigenvalue weighted by molar-refractivity contribution is 4.82. The molecule has 78 valence electrons. The average Bonchev–Trinajstić information content (AvgIpc) is 2.41. The van der Waals surface area contributed by atoms with E-state index in [1.54, 1.807) is 0 Å². The second-order valence-electron chi connectivity index (χ2n) is 3.44. The molecule has 0 aromatic rings. The standard InChI is InChI=1S/C9H19NO3/c1-2-13-5-3-4-10-6-8(11)9(12)7-10/h8-9,11-12H,2-7H2,1H3/t8-,9+. The van der Waals surface area contributed by atoms with Gasteiger partial charge in [-0.3, -0.25) is 4.90 Å². The fourth-order valence-electron chi connectivity index (χ4n) is 1.56. The molecule has 0 aliphatic carbocycles. The Hall–Kier alpha value is -0.160. The molecular formula is C9H19NO3. The van der Waals surface area contributed by atoms with Crippen molar-refractivity contribution in [2.24, 2.45) is 0 Å². The molecule has 1 saturated heterocycles. The maximum atomic E-state index is 9.25. The van der Waals surface area contributed by atoms with E-state index in [9.17, 15) is 10.2 Å². The summed E-state index contributed by atoms with van der Waals surface area (Å²) in [4.78, 5) is 2.06. The number of β-amino-alcohol motifs (C(OH)–C–C–N with tert-alkyl or cyclic N) is 2. The Bertz CT molecular complexity index is 133. The van der Waals surface area contributed by atoms with Crippen molar-refractivity contribution in [2.45, 2.75) is 25.6 Å². The van der Waals surface area contributed by atoms with E-state index in [-0.39, 0.29) is 0 Å². The lowest BCUT2D eigenvalue weighted by atomic mass is 10.3. The van der Waals surface area contributed by atoms with Crippen molar-refractivity contribution in [1.29, 1.82) is 0 Å². The predicted octanol–water partition coefficient (Wildman–Crippen LogP) is -0.550. The molecule has 0 bridgehead atoms. The molecule has 1 fully saturated rings. The molecule has 0 amide bonds. The maximum absolute atomic E-state index is 9.25. The van der Waals surface area contributed by atoms with Gasteiger partial charge in [-0.1, -0.05) is 0 Å². The van der Waals surface area contributed by atoms with E-state index in [2.05, 4.69) is 4.90 Å². The number of hydrogen-bond donors (Lipinski definition) is 2. The Morgan fingerprint density at radius 2 is 1.92 bits per heavy atom. The molecule has 2 atom stereocenters. The van der Waals surface area contributed by atoms with Gasteiger partial charge in [0.25, 0.3) is 0 Å². The molecule has 13 heavy (non-hydrogen) atoms. The van der Waals surface area contributed by atoms with Gasteiger partial charge in [-0.25, -0.2) is 0 Å². The Morgan fingerprint density at radius 1 is 1.31 bits per heavy atom. The molecule has 4 nitrogen and oxygen atoms in total. The van der Waals surface area contributed by atoms with E-state index in [0.29, 0.717) is 13.1 Å². The second-order valence-corrected chi connectivity index (χ2v) is 3.44. The van der Waals surface area contributed by atoms with Crippen molar-refractivity contribution in [3.63, 3.8) is 0 Å². The van der Waals surface area contributed by atoms with Crippen LogP contribution in [0.2, 0.25) is 0 Å². The molecule has 0 aromatic heterocycles. The molecule has 0 unspecified atom stereocenters. The van der Waals surface area contributed by atoms with Crippen molar-refractivity contribution < 1.29 is 14.9 Å². The zero-order valence-corrected chi connectivity index (χ0v) is 8.15. The van der Waals surface area contributed by atoms with Gasteiger partial charge in [-0.2, -0.15) is 0 Å². The van der Waals surface area contributed by atoms with Crippen LogP contribution in [0.5, 0.6) is 0 Å². The SMILES string of the molecule is CCOCCCN1C[C@@H](O)[C@@H](O)C1. The van der Waals surface area contributed by atoms with Crippen molar-refractivity contribution in [2.75, 3.05) is 32.8 Å². The second kappa shape index (κ2) is 5.54. The molecular weight excluding hydrogens is 170 g/mol. The third-order valence-corrected chi connectivity index (χ3v) is 2.30. The summed E-state index contributed by atoms with van der Waals surface area (Å²) in [5.74, 6) is 0. The summed E-state index contributed by atoms with van der Waals surface area (Å²) in [6.45, 7) is 5.57. The van der Waals surface area contributed by atoms with Crippen molar-refractivity contribution in [3.8, 4) is 0 Å². The summed E-state index contributed by atoms with van der Waals surface area (Å²) >= 11 is 0. The topological polar surface area (TPSA) is 52.9 Å². The first-order valence-corrected chi connectivity index (χ1v) is 4.90. The lowest BCUT2D eigenvalue weighted by molar-refractivity contribution is 0.0572. The van der Waals surface area contributed by atoms with Crippen LogP contribution in [-0.2, 0) is 4.74 Å². The minimum absolute atomic E-state index is 0.563. The highest BCUT2D eigenvalue weighted by Gasteiger charge is 2.28. The number of aliphatic hydroxyl groups excluding tert-OH is 2. The van der Waals surface area contributed by atoms with Gasteiger partial charge in [-0.15, -0.1) is 0 Å². The minimum Gasteiger partial charge on any atom is -0.389 e. The van der Waals surface area contributed by atoms with Crippen molar-refractivity contribution in [3.05, 3.63) is 0 Å². The van der Waals surface area contributed by atoms with Crippen LogP contribution in [0.4, 0.5) is 0 Å². The summed E-state index contributed by atoms with van der Waals surface area (Å²) in [6.07, 6.45) is -0.160. The lowest BCUT2D eigenvalue weighted by Crippen LogP contribution is -2.24. The van der Waals surface area contributed by atoms with E-state index >= 15 is 0 Å². The quantitative estimate of drug-likeness (QED) is 0.570. The monoisotopic (exact) mass is 189 g/mol. The summed E-state index contributed by atoms with van der Waals surface area (Å²) in [6, 6.07) is 0. The molecule has 0 saturated carbocycles. The fourth-order valence-corrected chi connectivity index (χ4v) is 1.56. The Labute approximate surface area is 79.1 Å². The molecule has 4 heteroatoms. The largest absolute Gasteiger partial charge is 0.389 e. The molecule has 0 spiro atoms. The van der Waals surface area contributed by atoms with Crippen LogP contribution < -0.4 is 0 Å². The highest BCUT2D eigenvalue weighted by Crippen LogP contribution is 2.09. The third kappa shape index (κ3) is 3.60. The van der Waals surface area contributed by atoms with E-state index in [1.807, 2.05) is 6.92 Å². The molecule has 2 N–H and O–H groups in total. The number of ether oxygens (including phenoxy) is 1. The molecule has 0 aromatic carbocycles. The number of hydrogen-bond acceptors (Lipinski definition) is 4. The van der Waals surface area contributed by atoms with Crippen LogP contribution in [0.1, 0.15) is 13.3 Å². The van der Waals surface area contributed by atoms with Gasteiger partial charge in [-0.05, 0) is 13.3 Å². The van der Waals surface area contributed by atoms with Gasteiger partial charge in [0.2, 0.25) is 0 Å². The highest BCUT2D eigenvalue weighted by atomic mass is 16.5. The fraction of sp³-hybridized carbons (Fsp3) is 1.00. The number of aliphatic hydroxyl groups is 2. The molecule has 1 aliphatic rings. The van der Waals surface area contributed by atoms with Crippen LogP contribution in [0.25, 0.3) is 0 Å². The smallest absolute Gasteiger partial charge is 0.0938 e. The van der Waals surface area contributed by atoms with Gasteiger partial charge in [0.1, 0.15) is 0 Å². The Kier molecular flexibility index (Phi) is 4.66. The van der Waals surface area contributed by atoms with Gasteiger partial charge < -0.3 is 14.9 Å². The van der Waals surface area contributed by atoms with E-state index in [4.69, 9.17) is 4.74 Å². The predicted molar refractivity (Wildman–Crippen MR) is 49.6 cm³/mol. The molecule has 0 radical (unpaired) electrons. The molecule has 1 rings (SSSR count). The van der Waals surface area contributed by atoms with Gasteiger partial charge >= 0.3 is 0 Å². The summed E-state index contributed by atoms with van der Waals surface area (Å²) in [5.41, 5.74) is 0. The molecule has 1 heterocycles. The normalized spacial score (nSPS) is 29.8. The van der Waals surface area contributed by atoms with Gasteiger partial charge in [0.05, 0.1) is 12.2 Å². The first-order chi connectivity index (χ1) is 6.24. The van der Waals surface area contributed by atoms with Gasteiger partial charge in [0, 0.05) is 32.8 Å². The first-order valence-electron chi connectivity index (χ1n) is 4.90. The van der Waals surface area contributed by atoms with Crippen molar-refractivity contribution in [1.82, 2.24) is 4.90 Å². The van der Waals surface area contributed by atoms with Crippen LogP contribution in [0, 0.1) is 0 Å². The van der Waals surface area contributed by atoms with Crippen molar-refractivity contribution >= 4 is 0 Å². The average molecular weight is 189 g/mol. The van der Waals surface area contributed by atoms with E-state index in [1.165, 1.54) is 0 Å². The van der Waals surface area contributed by atoms with Gasteiger partial charge in [0.15, 0.2) is 0 Å². The summed E-state index contributed by atoms with van der Waals surface area (Å²) < 4.78 is 5.20. The lowest BCUT2D eigenvalue weighted by Gasteiger charge is -2.13. The number of rotatable bonds is 5. The summed E-state index contributed by atoms with van der Waals surface area (Å²) in [7, 11) is 0. The summed E-state index contributed by atoms with van der Waals surface area (Å²) in [5, 5.41) is 18.5. The number of likely N-dealkylation sites (tertiary alicyclic amines) is 1. The number of nitrogens with zero attached hydrogens (tertiary/aromatic N) is 1. The zero-order valence-electron chi connectivity index (χ0n) is 8.15. The first kappa shape index (κ1) is 10.9. The molecule has 1 aliphatic heterocycles. The van der Waals surface area contributed by atoms with Crippen LogP contribution in [0.3, 0.4) is 0 Å². The van der Waals surface area contributed by atoms with E-state index < -0.39 is 12.2 Å². The zero-order chi connectivity index (χ0) is 9.68. The van der Waals surface area contributed by atoms with E-state index in [0.717, 1.165) is 26.2 Å². The van der Waals surface area contributed by atoms with Crippen LogP contribution >= 0.6 is 0 Å². The maximum Gasteiger partial charge on any atom is 0.0938 e. The Morgan fingerprint density at radius 3 is 2.46 bits per heavy atom. The minimum atomic E-state index is -0.563. The third-order valence-electron chi connectivity index (χ3n) is 2.30. The Balaban J connectivity index is 2.03. The van der Waals surface area contributed by atoms with Crippen LogP contribution in [0.15, 0.2) is 0 Å². The van der Waals surface area contributed by atoms with Crippen LogP contribution in [-0.4, -0.2) is 60.2 Å².